The lowest BCUT2D eigenvalue weighted by atomic mass is 9.89. The first-order valence-electron chi connectivity index (χ1n) is 14.6. The van der Waals surface area contributed by atoms with Gasteiger partial charge in [-0.05, 0) is 66.1 Å². The molecule has 1 aromatic carbocycles. The maximum absolute atomic E-state index is 16.0. The summed E-state index contributed by atoms with van der Waals surface area (Å²) in [4.78, 5) is 15.3. The topological polar surface area (TPSA) is 52.8 Å². The molecule has 0 radical (unpaired) electrons. The smallest absolute Gasteiger partial charge is 0.390 e. The molecule has 2 N–H and O–H groups in total. The highest BCUT2D eigenvalue weighted by Gasteiger charge is 2.52. The van der Waals surface area contributed by atoms with Gasteiger partial charge in [0, 0.05) is 48.8 Å². The van der Waals surface area contributed by atoms with Crippen LogP contribution in [0.5, 0.6) is 0 Å². The molecular weight excluding hydrogens is 517 g/mol. The molecule has 1 amide bonds. The number of H-pyrrole nitrogens is 1. The molecule has 214 valence electrons. The van der Waals surface area contributed by atoms with Crippen LogP contribution < -0.4 is 5.32 Å². The van der Waals surface area contributed by atoms with E-state index in [9.17, 15) is 4.79 Å². The van der Waals surface area contributed by atoms with Crippen molar-refractivity contribution in [3.05, 3.63) is 101 Å². The number of benzene rings is 1. The number of fused-ring (bicyclic) bond motifs is 2. The van der Waals surface area contributed by atoms with Crippen molar-refractivity contribution in [2.45, 2.75) is 59.3 Å². The standard InChI is InChI=1S/C33H39BF2N4O/c1-33(2,3)21-5-4-6-22-38-32(41)20-14-26-11-9-25(10-12-26)13-15-27-16-17-28-24-29-18-19-31(30-8-7-23-37-30)40(29)34(35,36)39(27)28/h7-13,15-19,23-24,37H,4-6,14,20-22H2,1-3H3,(H,38,41)/b15-13-. The molecule has 4 heterocycles. The van der Waals surface area contributed by atoms with E-state index in [0.717, 1.165) is 39.5 Å². The Balaban J connectivity index is 1.17. The van der Waals surface area contributed by atoms with Gasteiger partial charge in [-0.2, -0.15) is 0 Å². The minimum absolute atomic E-state index is 0.0766. The predicted octanol–water partition coefficient (Wildman–Crippen LogP) is 7.29. The lowest BCUT2D eigenvalue weighted by Gasteiger charge is -2.30. The number of aryl methyl sites for hydroxylation is 1. The minimum atomic E-state index is -4.08. The van der Waals surface area contributed by atoms with Crippen LogP contribution in [0, 0.1) is 5.41 Å². The summed E-state index contributed by atoms with van der Waals surface area (Å²) in [7, 11) is 0. The van der Waals surface area contributed by atoms with E-state index >= 15 is 8.63 Å². The first-order chi connectivity index (χ1) is 19.6. The van der Waals surface area contributed by atoms with Gasteiger partial charge in [-0.25, -0.2) is 0 Å². The molecule has 2 aliphatic rings. The lowest BCUT2D eigenvalue weighted by molar-refractivity contribution is -0.360. The highest BCUT2D eigenvalue weighted by Crippen LogP contribution is 2.34. The number of aromatic nitrogens is 2. The second-order valence-corrected chi connectivity index (χ2v) is 12.2. The lowest BCUT2D eigenvalue weighted by Crippen LogP contribution is -2.50. The SMILES string of the molecule is CC(C)(C)CCCCCNC(=O)CCc1ccc(/C=C\c2ccc3n2[B-](F)(F)[N+]2=C(c4ccc[nH]4)C=CC2=C3)cc1. The van der Waals surface area contributed by atoms with Crippen LogP contribution in [0.15, 0.2) is 72.6 Å². The monoisotopic (exact) mass is 556 g/mol. The van der Waals surface area contributed by atoms with E-state index in [-0.39, 0.29) is 5.91 Å². The Bertz CT molecular complexity index is 1500. The molecule has 2 aromatic heterocycles. The summed E-state index contributed by atoms with van der Waals surface area (Å²) in [5.74, 6) is 0.0766. The number of carbonyl (C=O) groups is 1. The number of amides is 1. The third kappa shape index (κ3) is 6.69. The van der Waals surface area contributed by atoms with E-state index in [1.807, 2.05) is 30.3 Å². The second kappa shape index (κ2) is 11.9. The molecule has 5 rings (SSSR count). The van der Waals surface area contributed by atoms with Crippen molar-refractivity contribution in [3.63, 3.8) is 0 Å². The Morgan fingerprint density at radius 3 is 2.56 bits per heavy atom. The predicted molar refractivity (Wildman–Crippen MR) is 165 cm³/mol. The quantitative estimate of drug-likeness (QED) is 0.189. The maximum Gasteiger partial charge on any atom is 0.737 e. The number of nitrogens with one attached hydrogen (secondary N) is 2. The van der Waals surface area contributed by atoms with Gasteiger partial charge in [0.25, 0.3) is 0 Å². The van der Waals surface area contributed by atoms with E-state index in [2.05, 4.69) is 31.1 Å². The molecule has 0 bridgehead atoms. The molecule has 0 unspecified atom stereocenters. The summed E-state index contributed by atoms with van der Waals surface area (Å²) in [5.41, 5.74) is 4.88. The minimum Gasteiger partial charge on any atom is -0.390 e. The molecule has 0 spiro atoms. The summed E-state index contributed by atoms with van der Waals surface area (Å²) in [6.07, 6.45) is 16.2. The average Bonchev–Trinajstić information content (AvgIpc) is 3.68. The van der Waals surface area contributed by atoms with Crippen LogP contribution in [0.1, 0.15) is 81.1 Å². The van der Waals surface area contributed by atoms with Gasteiger partial charge >= 0.3 is 6.97 Å². The Labute approximate surface area is 241 Å². The van der Waals surface area contributed by atoms with Gasteiger partial charge in [-0.15, -0.1) is 0 Å². The van der Waals surface area contributed by atoms with Crippen LogP contribution in [0.25, 0.3) is 18.2 Å². The fourth-order valence-electron chi connectivity index (χ4n) is 5.51. The molecule has 41 heavy (non-hydrogen) atoms. The van der Waals surface area contributed by atoms with Crippen molar-refractivity contribution in [2.75, 3.05) is 6.54 Å². The van der Waals surface area contributed by atoms with Crippen LogP contribution in [0.4, 0.5) is 8.63 Å². The van der Waals surface area contributed by atoms with Crippen molar-refractivity contribution in [3.8, 4) is 0 Å². The number of allylic oxidation sites excluding steroid dienone is 2. The van der Waals surface area contributed by atoms with E-state index in [1.54, 1.807) is 54.8 Å². The number of unbranched alkanes of at least 4 members (excludes halogenated alkanes) is 2. The van der Waals surface area contributed by atoms with Gasteiger partial charge in [-0.1, -0.05) is 64.0 Å². The van der Waals surface area contributed by atoms with Crippen molar-refractivity contribution in [1.82, 2.24) is 14.8 Å². The van der Waals surface area contributed by atoms with E-state index in [4.69, 9.17) is 0 Å². The third-order valence-electron chi connectivity index (χ3n) is 7.71. The average molecular weight is 557 g/mol. The fourth-order valence-corrected chi connectivity index (χ4v) is 5.51. The summed E-state index contributed by atoms with van der Waals surface area (Å²) in [6, 6.07) is 15.0. The Kier molecular flexibility index (Phi) is 8.29. The molecule has 0 fully saturated rings. The Hall–Kier alpha value is -3.94. The first-order valence-corrected chi connectivity index (χ1v) is 14.6. The van der Waals surface area contributed by atoms with Crippen molar-refractivity contribution < 1.29 is 17.9 Å². The molecule has 0 atom stereocenters. The molecule has 2 aliphatic heterocycles. The summed E-state index contributed by atoms with van der Waals surface area (Å²) in [5, 5.41) is 3.03. The Morgan fingerprint density at radius 2 is 1.83 bits per heavy atom. The molecule has 0 saturated carbocycles. The number of halogens is 2. The highest BCUT2D eigenvalue weighted by atomic mass is 19.2. The van der Waals surface area contributed by atoms with Crippen molar-refractivity contribution >= 4 is 36.8 Å². The maximum atomic E-state index is 16.0. The van der Waals surface area contributed by atoms with Crippen LogP contribution >= 0.6 is 0 Å². The third-order valence-corrected chi connectivity index (χ3v) is 7.71. The normalized spacial score (nSPS) is 15.8. The van der Waals surface area contributed by atoms with Crippen LogP contribution in [-0.4, -0.2) is 39.1 Å². The molecule has 8 heteroatoms. The number of nitrogens with zero attached hydrogens (tertiary/aromatic N) is 2. The van der Waals surface area contributed by atoms with E-state index in [1.165, 1.54) is 12.8 Å². The van der Waals surface area contributed by atoms with Crippen LogP contribution in [-0.2, 0) is 11.2 Å². The van der Waals surface area contributed by atoms with Crippen molar-refractivity contribution in [2.24, 2.45) is 5.41 Å². The van der Waals surface area contributed by atoms with Gasteiger partial charge in [0.15, 0.2) is 11.4 Å². The highest BCUT2D eigenvalue weighted by molar-refractivity contribution is 6.58. The van der Waals surface area contributed by atoms with Gasteiger partial charge in [0.1, 0.15) is 5.69 Å². The zero-order valence-corrected chi connectivity index (χ0v) is 24.2. The number of hydrogen-bond acceptors (Lipinski definition) is 1. The molecule has 0 aliphatic carbocycles. The number of hydrogen-bond donors (Lipinski definition) is 2. The van der Waals surface area contributed by atoms with Gasteiger partial charge in [0.2, 0.25) is 5.91 Å². The summed E-state index contributed by atoms with van der Waals surface area (Å²) < 4.78 is 34.2. The number of carbonyl (C=O) groups excluding carboxylic acids is 1. The molecule has 3 aromatic rings. The van der Waals surface area contributed by atoms with Crippen LogP contribution in [0.3, 0.4) is 0 Å². The Morgan fingerprint density at radius 1 is 1.02 bits per heavy atom. The van der Waals surface area contributed by atoms with Crippen molar-refractivity contribution in [1.29, 1.82) is 0 Å². The molecular formula is C33H39BF2N4O. The van der Waals surface area contributed by atoms with Gasteiger partial charge < -0.3 is 27.9 Å². The molecule has 0 saturated heterocycles. The van der Waals surface area contributed by atoms with Gasteiger partial charge in [0.05, 0.1) is 0 Å². The van der Waals surface area contributed by atoms with E-state index < -0.39 is 6.97 Å². The zero-order valence-electron chi connectivity index (χ0n) is 24.2. The fraction of sp³-hybridized carbons (Fsp3) is 0.333. The zero-order chi connectivity index (χ0) is 29.0. The van der Waals surface area contributed by atoms with E-state index in [0.29, 0.717) is 46.7 Å². The largest absolute Gasteiger partial charge is 0.737 e. The van der Waals surface area contributed by atoms with Crippen LogP contribution in [0.2, 0.25) is 0 Å². The van der Waals surface area contributed by atoms with Gasteiger partial charge in [-0.3, -0.25) is 4.79 Å². The summed E-state index contributed by atoms with van der Waals surface area (Å²) in [6.45, 7) is 3.41. The number of aromatic amines is 1. The molecule has 5 nitrogen and oxygen atoms in total. The first kappa shape index (κ1) is 28.6. The summed E-state index contributed by atoms with van der Waals surface area (Å²) >= 11 is 0. The number of rotatable bonds is 11. The second-order valence-electron chi connectivity index (χ2n) is 12.2.